The van der Waals surface area contributed by atoms with E-state index in [4.69, 9.17) is 5.73 Å². The van der Waals surface area contributed by atoms with Crippen LogP contribution in [0.5, 0.6) is 0 Å². The van der Waals surface area contributed by atoms with Crippen LogP contribution in [0, 0.1) is 6.92 Å². The summed E-state index contributed by atoms with van der Waals surface area (Å²) in [5.41, 5.74) is 7.87. The van der Waals surface area contributed by atoms with E-state index in [1.165, 1.54) is 12.8 Å². The van der Waals surface area contributed by atoms with E-state index in [1.54, 1.807) is 0 Å². The fourth-order valence-corrected chi connectivity index (χ4v) is 1.94. The second-order valence-corrected chi connectivity index (χ2v) is 4.35. The third-order valence-corrected chi connectivity index (χ3v) is 2.84. The molecule has 0 atom stereocenters. The predicted molar refractivity (Wildman–Crippen MR) is 67.4 cm³/mol. The minimum absolute atomic E-state index is 0.572. The van der Waals surface area contributed by atoms with E-state index < -0.39 is 0 Å². The second kappa shape index (κ2) is 4.66. The highest BCUT2D eigenvalue weighted by molar-refractivity contribution is 5.45. The Labute approximate surface area is 97.0 Å². The normalized spacial score (nSPS) is 14.9. The summed E-state index contributed by atoms with van der Waals surface area (Å²) in [6.07, 6.45) is 4.47. The number of hydrogen-bond acceptors (Lipinski definition) is 3. The topological polar surface area (TPSA) is 42.1 Å². The first-order valence-corrected chi connectivity index (χ1v) is 5.79. The van der Waals surface area contributed by atoms with Gasteiger partial charge in [0, 0.05) is 24.8 Å². The largest absolute Gasteiger partial charge is 0.350 e. The van der Waals surface area contributed by atoms with Crippen LogP contribution in [0.25, 0.3) is 0 Å². The third-order valence-electron chi connectivity index (χ3n) is 2.84. The Morgan fingerprint density at radius 1 is 1.56 bits per heavy atom. The molecular weight excluding hydrogens is 198 g/mol. The van der Waals surface area contributed by atoms with Gasteiger partial charge in [-0.15, -0.1) is 6.58 Å². The van der Waals surface area contributed by atoms with Crippen molar-refractivity contribution in [2.75, 3.05) is 11.4 Å². The van der Waals surface area contributed by atoms with Crippen LogP contribution in [0.3, 0.4) is 0 Å². The highest BCUT2D eigenvalue weighted by atomic mass is 15.2. The van der Waals surface area contributed by atoms with E-state index in [0.29, 0.717) is 12.6 Å². The van der Waals surface area contributed by atoms with E-state index >= 15 is 0 Å². The van der Waals surface area contributed by atoms with Gasteiger partial charge in [0.15, 0.2) is 0 Å². The first-order chi connectivity index (χ1) is 7.74. The molecular formula is C13H19N3. The lowest BCUT2D eigenvalue weighted by Crippen LogP contribution is -2.27. The molecule has 16 heavy (non-hydrogen) atoms. The number of anilines is 1. The Morgan fingerprint density at radius 3 is 2.88 bits per heavy atom. The van der Waals surface area contributed by atoms with Crippen LogP contribution in [0.2, 0.25) is 0 Å². The molecule has 0 saturated heterocycles. The SMILES string of the molecule is C=CCN(c1cc(CN)cc(C)n1)C1CC1. The summed E-state index contributed by atoms with van der Waals surface area (Å²) in [7, 11) is 0. The molecule has 1 aromatic rings. The zero-order valence-corrected chi connectivity index (χ0v) is 9.82. The smallest absolute Gasteiger partial charge is 0.129 e. The molecule has 1 aliphatic carbocycles. The van der Waals surface area contributed by atoms with Gasteiger partial charge >= 0.3 is 0 Å². The molecule has 0 aromatic carbocycles. The van der Waals surface area contributed by atoms with Crippen molar-refractivity contribution >= 4 is 5.82 Å². The van der Waals surface area contributed by atoms with Crippen LogP contribution in [-0.4, -0.2) is 17.6 Å². The zero-order valence-electron chi connectivity index (χ0n) is 9.82. The molecule has 3 heteroatoms. The minimum Gasteiger partial charge on any atom is -0.350 e. The van der Waals surface area contributed by atoms with Crippen molar-refractivity contribution in [3.05, 3.63) is 36.0 Å². The molecule has 2 N–H and O–H groups in total. The molecule has 0 amide bonds. The van der Waals surface area contributed by atoms with Crippen LogP contribution in [0.4, 0.5) is 5.82 Å². The number of hydrogen-bond donors (Lipinski definition) is 1. The average molecular weight is 217 g/mol. The number of nitrogens with two attached hydrogens (primary N) is 1. The summed E-state index contributed by atoms with van der Waals surface area (Å²) in [4.78, 5) is 6.90. The number of rotatable bonds is 5. The third kappa shape index (κ3) is 2.42. The molecule has 2 rings (SSSR count). The molecule has 0 spiro atoms. The van der Waals surface area contributed by atoms with Gasteiger partial charge in [-0.25, -0.2) is 4.98 Å². The quantitative estimate of drug-likeness (QED) is 0.767. The summed E-state index contributed by atoms with van der Waals surface area (Å²) in [6, 6.07) is 4.79. The maximum Gasteiger partial charge on any atom is 0.129 e. The summed E-state index contributed by atoms with van der Waals surface area (Å²) < 4.78 is 0. The van der Waals surface area contributed by atoms with Crippen molar-refractivity contribution in [3.8, 4) is 0 Å². The van der Waals surface area contributed by atoms with Crippen LogP contribution in [0.1, 0.15) is 24.1 Å². The summed E-state index contributed by atoms with van der Waals surface area (Å²) >= 11 is 0. The van der Waals surface area contributed by atoms with Gasteiger partial charge < -0.3 is 10.6 Å². The molecule has 1 saturated carbocycles. The average Bonchev–Trinajstić information content (AvgIpc) is 3.08. The lowest BCUT2D eigenvalue weighted by atomic mass is 10.2. The van der Waals surface area contributed by atoms with Crippen LogP contribution < -0.4 is 10.6 Å². The molecule has 86 valence electrons. The van der Waals surface area contributed by atoms with Crippen molar-refractivity contribution in [2.24, 2.45) is 5.73 Å². The van der Waals surface area contributed by atoms with Crippen molar-refractivity contribution in [1.82, 2.24) is 4.98 Å². The first-order valence-electron chi connectivity index (χ1n) is 5.79. The monoisotopic (exact) mass is 217 g/mol. The van der Waals surface area contributed by atoms with Gasteiger partial charge in [-0.3, -0.25) is 0 Å². The van der Waals surface area contributed by atoms with Crippen molar-refractivity contribution < 1.29 is 0 Å². The van der Waals surface area contributed by atoms with E-state index in [2.05, 4.69) is 22.5 Å². The van der Waals surface area contributed by atoms with Gasteiger partial charge in [0.05, 0.1) is 0 Å². The maximum absolute atomic E-state index is 5.69. The molecule has 0 unspecified atom stereocenters. The maximum atomic E-state index is 5.69. The van der Waals surface area contributed by atoms with E-state index in [-0.39, 0.29) is 0 Å². The summed E-state index contributed by atoms with van der Waals surface area (Å²) in [6.45, 7) is 7.26. The first kappa shape index (κ1) is 11.1. The molecule has 0 aliphatic heterocycles. The van der Waals surface area contributed by atoms with E-state index in [0.717, 1.165) is 23.6 Å². The summed E-state index contributed by atoms with van der Waals surface area (Å²) in [5.74, 6) is 1.04. The molecule has 0 bridgehead atoms. The second-order valence-electron chi connectivity index (χ2n) is 4.35. The Hall–Kier alpha value is -1.35. The number of pyridine rings is 1. The van der Waals surface area contributed by atoms with E-state index in [1.807, 2.05) is 19.1 Å². The van der Waals surface area contributed by atoms with Crippen molar-refractivity contribution in [2.45, 2.75) is 32.4 Å². The molecule has 1 fully saturated rings. The standard InChI is InChI=1S/C13H19N3/c1-3-6-16(12-4-5-12)13-8-11(9-14)7-10(2)15-13/h3,7-8,12H,1,4-6,9,14H2,2H3. The fourth-order valence-electron chi connectivity index (χ4n) is 1.94. The van der Waals surface area contributed by atoms with Gasteiger partial charge in [-0.05, 0) is 37.5 Å². The highest BCUT2D eigenvalue weighted by Gasteiger charge is 2.29. The molecule has 1 aromatic heterocycles. The zero-order chi connectivity index (χ0) is 11.5. The molecule has 3 nitrogen and oxygen atoms in total. The van der Waals surface area contributed by atoms with Gasteiger partial charge in [0.2, 0.25) is 0 Å². The highest BCUT2D eigenvalue weighted by Crippen LogP contribution is 2.31. The van der Waals surface area contributed by atoms with Crippen molar-refractivity contribution in [1.29, 1.82) is 0 Å². The number of aryl methyl sites for hydroxylation is 1. The fraction of sp³-hybridized carbons (Fsp3) is 0.462. The van der Waals surface area contributed by atoms with Gasteiger partial charge in [0.25, 0.3) is 0 Å². The molecule has 0 radical (unpaired) electrons. The van der Waals surface area contributed by atoms with Crippen LogP contribution in [-0.2, 0) is 6.54 Å². The predicted octanol–water partition coefficient (Wildman–Crippen LogP) is 2.00. The van der Waals surface area contributed by atoms with Gasteiger partial charge in [-0.1, -0.05) is 6.08 Å². The Bertz CT molecular complexity index is 383. The Kier molecular flexibility index (Phi) is 3.25. The van der Waals surface area contributed by atoms with Crippen LogP contribution >= 0.6 is 0 Å². The Morgan fingerprint density at radius 2 is 2.31 bits per heavy atom. The van der Waals surface area contributed by atoms with Crippen LogP contribution in [0.15, 0.2) is 24.8 Å². The van der Waals surface area contributed by atoms with Gasteiger partial charge in [0.1, 0.15) is 5.82 Å². The van der Waals surface area contributed by atoms with Crippen molar-refractivity contribution in [3.63, 3.8) is 0 Å². The minimum atomic E-state index is 0.572. The van der Waals surface area contributed by atoms with E-state index in [9.17, 15) is 0 Å². The summed E-state index contributed by atoms with van der Waals surface area (Å²) in [5, 5.41) is 0. The molecule has 1 heterocycles. The molecule has 1 aliphatic rings. The number of aromatic nitrogens is 1. The lowest BCUT2D eigenvalue weighted by Gasteiger charge is -2.22. The Balaban J connectivity index is 2.28. The van der Waals surface area contributed by atoms with Gasteiger partial charge in [-0.2, -0.15) is 0 Å². The lowest BCUT2D eigenvalue weighted by molar-refractivity contribution is 0.833. The number of nitrogens with zero attached hydrogens (tertiary/aromatic N) is 2.